The van der Waals surface area contributed by atoms with Crippen LogP contribution in [0.2, 0.25) is 0 Å². The van der Waals surface area contributed by atoms with Crippen molar-refractivity contribution in [2.75, 3.05) is 11.9 Å². The summed E-state index contributed by atoms with van der Waals surface area (Å²) in [5, 5.41) is 5.57. The Bertz CT molecular complexity index is 954. The van der Waals surface area contributed by atoms with Crippen LogP contribution in [-0.2, 0) is 9.59 Å². The van der Waals surface area contributed by atoms with E-state index in [2.05, 4.69) is 10.6 Å². The average Bonchev–Trinajstić information content (AvgIpc) is 3.13. The standard InChI is InChI=1S/C29H41N3O4/c33-25-19-18-24(27(34)31-25)32-28(35)22-16-12-17-23(26(22)29(32)36)30-20-11-6-4-2-1-3-5-8-13-21-14-9-7-10-15-21/h12,16-17,21,24,30H,1-11,13-15,18-20H2,(H,31,33,34). The van der Waals surface area contributed by atoms with Gasteiger partial charge in [0.25, 0.3) is 11.8 Å². The first-order valence-electron chi connectivity index (χ1n) is 14.1. The summed E-state index contributed by atoms with van der Waals surface area (Å²) in [6.07, 6.45) is 19.1. The zero-order valence-corrected chi connectivity index (χ0v) is 21.5. The Labute approximate surface area is 214 Å². The Kier molecular flexibility index (Phi) is 9.54. The van der Waals surface area contributed by atoms with E-state index in [1.54, 1.807) is 12.1 Å². The molecule has 196 valence electrons. The smallest absolute Gasteiger partial charge is 0.264 e. The van der Waals surface area contributed by atoms with Gasteiger partial charge in [-0.1, -0.05) is 89.5 Å². The molecule has 36 heavy (non-hydrogen) atoms. The summed E-state index contributed by atoms with van der Waals surface area (Å²) in [5.41, 5.74) is 1.29. The van der Waals surface area contributed by atoms with Crippen LogP contribution in [0.3, 0.4) is 0 Å². The largest absolute Gasteiger partial charge is 0.384 e. The van der Waals surface area contributed by atoms with Crippen molar-refractivity contribution in [3.05, 3.63) is 29.3 Å². The zero-order chi connectivity index (χ0) is 25.3. The van der Waals surface area contributed by atoms with Crippen molar-refractivity contribution in [1.29, 1.82) is 0 Å². The molecule has 1 aromatic carbocycles. The van der Waals surface area contributed by atoms with E-state index in [4.69, 9.17) is 0 Å². The molecule has 3 aliphatic rings. The summed E-state index contributed by atoms with van der Waals surface area (Å²) in [7, 11) is 0. The van der Waals surface area contributed by atoms with E-state index < -0.39 is 23.8 Å². The Balaban J connectivity index is 1.13. The average molecular weight is 496 g/mol. The molecule has 2 heterocycles. The molecule has 0 spiro atoms. The maximum absolute atomic E-state index is 13.1. The molecule has 2 fully saturated rings. The van der Waals surface area contributed by atoms with Crippen LogP contribution < -0.4 is 10.6 Å². The fourth-order valence-corrected chi connectivity index (χ4v) is 5.98. The molecule has 1 saturated carbocycles. The van der Waals surface area contributed by atoms with Crippen molar-refractivity contribution >= 4 is 29.3 Å². The van der Waals surface area contributed by atoms with Gasteiger partial charge in [0.05, 0.1) is 11.1 Å². The summed E-state index contributed by atoms with van der Waals surface area (Å²) in [6.45, 7) is 0.734. The Morgan fingerprint density at radius 2 is 1.50 bits per heavy atom. The molecule has 0 bridgehead atoms. The highest BCUT2D eigenvalue weighted by Gasteiger charge is 2.45. The van der Waals surface area contributed by atoms with Gasteiger partial charge in [0.15, 0.2) is 0 Å². The molecule has 4 amide bonds. The van der Waals surface area contributed by atoms with Gasteiger partial charge in [-0.3, -0.25) is 29.4 Å². The Morgan fingerprint density at radius 1 is 0.806 bits per heavy atom. The van der Waals surface area contributed by atoms with Gasteiger partial charge in [-0.2, -0.15) is 0 Å². The minimum atomic E-state index is -0.935. The van der Waals surface area contributed by atoms with E-state index in [1.807, 2.05) is 6.07 Å². The van der Waals surface area contributed by atoms with E-state index in [-0.39, 0.29) is 18.7 Å². The van der Waals surface area contributed by atoms with Gasteiger partial charge in [0.1, 0.15) is 6.04 Å². The minimum absolute atomic E-state index is 0.120. The van der Waals surface area contributed by atoms with E-state index in [1.165, 1.54) is 77.0 Å². The maximum atomic E-state index is 13.1. The molecular weight excluding hydrogens is 454 g/mol. The molecule has 1 atom stereocenters. The highest BCUT2D eigenvalue weighted by atomic mass is 16.2. The minimum Gasteiger partial charge on any atom is -0.384 e. The van der Waals surface area contributed by atoms with E-state index >= 15 is 0 Å². The summed E-state index contributed by atoms with van der Waals surface area (Å²) in [4.78, 5) is 50.8. The number of hydrogen-bond donors (Lipinski definition) is 2. The van der Waals surface area contributed by atoms with Crippen LogP contribution in [0.4, 0.5) is 5.69 Å². The first-order valence-corrected chi connectivity index (χ1v) is 14.1. The normalized spacial score (nSPS) is 20.6. The SMILES string of the molecule is O=C1CCC(N2C(=O)c3cccc(NCCCCCCCCCCC4CCCCC4)c3C2=O)C(=O)N1. The summed E-state index contributed by atoms with van der Waals surface area (Å²) < 4.78 is 0. The lowest BCUT2D eigenvalue weighted by Gasteiger charge is -2.27. The van der Waals surface area contributed by atoms with Crippen LogP contribution >= 0.6 is 0 Å². The second-order valence-corrected chi connectivity index (χ2v) is 10.7. The van der Waals surface area contributed by atoms with Gasteiger partial charge >= 0.3 is 0 Å². The fourth-order valence-electron chi connectivity index (χ4n) is 5.98. The number of benzene rings is 1. The van der Waals surface area contributed by atoms with Gasteiger partial charge in [0.2, 0.25) is 11.8 Å². The molecule has 7 heteroatoms. The third-order valence-corrected chi connectivity index (χ3v) is 8.05. The molecule has 1 saturated heterocycles. The first kappa shape index (κ1) is 26.4. The second kappa shape index (κ2) is 13.0. The lowest BCUT2D eigenvalue weighted by atomic mass is 9.85. The number of anilines is 1. The molecule has 2 N–H and O–H groups in total. The van der Waals surface area contributed by atoms with Gasteiger partial charge in [0, 0.05) is 18.7 Å². The van der Waals surface area contributed by atoms with Gasteiger partial charge in [-0.15, -0.1) is 0 Å². The monoisotopic (exact) mass is 495 g/mol. The molecule has 0 aromatic heterocycles. The van der Waals surface area contributed by atoms with Gasteiger partial charge in [-0.25, -0.2) is 0 Å². The van der Waals surface area contributed by atoms with Crippen LogP contribution in [0.15, 0.2) is 18.2 Å². The summed E-state index contributed by atoms with van der Waals surface area (Å²) in [6, 6.07) is 4.26. The predicted molar refractivity (Wildman–Crippen MR) is 140 cm³/mol. The highest BCUT2D eigenvalue weighted by molar-refractivity contribution is 6.25. The number of rotatable bonds is 13. The van der Waals surface area contributed by atoms with Crippen molar-refractivity contribution in [3.63, 3.8) is 0 Å². The van der Waals surface area contributed by atoms with E-state index in [9.17, 15) is 19.2 Å². The molecule has 1 aromatic rings. The number of carbonyl (C=O) groups is 4. The topological polar surface area (TPSA) is 95.6 Å². The number of amides is 4. The third kappa shape index (κ3) is 6.54. The van der Waals surface area contributed by atoms with Crippen molar-refractivity contribution in [2.45, 2.75) is 109 Å². The van der Waals surface area contributed by atoms with Crippen molar-refractivity contribution in [1.82, 2.24) is 10.2 Å². The maximum Gasteiger partial charge on any atom is 0.264 e. The van der Waals surface area contributed by atoms with Crippen molar-refractivity contribution in [3.8, 4) is 0 Å². The van der Waals surface area contributed by atoms with E-state index in [0.717, 1.165) is 30.2 Å². The molecule has 1 unspecified atom stereocenters. The van der Waals surface area contributed by atoms with Gasteiger partial charge in [-0.05, 0) is 30.9 Å². The number of carbonyl (C=O) groups excluding carboxylic acids is 4. The molecule has 2 aliphatic heterocycles. The lowest BCUT2D eigenvalue weighted by molar-refractivity contribution is -0.136. The number of nitrogens with one attached hydrogen (secondary N) is 2. The quantitative estimate of drug-likeness (QED) is 0.275. The van der Waals surface area contributed by atoms with Crippen LogP contribution in [-0.4, -0.2) is 41.1 Å². The first-order chi connectivity index (χ1) is 17.6. The van der Waals surface area contributed by atoms with E-state index in [0.29, 0.717) is 16.8 Å². The molecule has 4 rings (SSSR count). The molecule has 0 radical (unpaired) electrons. The Hall–Kier alpha value is -2.70. The van der Waals surface area contributed by atoms with Crippen LogP contribution in [0.5, 0.6) is 0 Å². The van der Waals surface area contributed by atoms with Crippen LogP contribution in [0.25, 0.3) is 0 Å². The van der Waals surface area contributed by atoms with Crippen LogP contribution in [0.1, 0.15) is 123 Å². The number of imide groups is 2. The summed E-state index contributed by atoms with van der Waals surface area (Å²) >= 11 is 0. The predicted octanol–water partition coefficient (Wildman–Crippen LogP) is 5.59. The zero-order valence-electron chi connectivity index (χ0n) is 21.5. The second-order valence-electron chi connectivity index (χ2n) is 10.7. The third-order valence-electron chi connectivity index (χ3n) is 8.05. The number of piperidine rings is 1. The van der Waals surface area contributed by atoms with Crippen molar-refractivity contribution in [2.24, 2.45) is 5.92 Å². The number of fused-ring (bicyclic) bond motifs is 1. The lowest BCUT2D eigenvalue weighted by Crippen LogP contribution is -2.54. The number of unbranched alkanes of at least 4 members (excludes halogenated alkanes) is 7. The van der Waals surface area contributed by atoms with Gasteiger partial charge < -0.3 is 5.32 Å². The number of nitrogens with zero attached hydrogens (tertiary/aromatic N) is 1. The molecule has 7 nitrogen and oxygen atoms in total. The van der Waals surface area contributed by atoms with Crippen LogP contribution in [0, 0.1) is 5.92 Å². The highest BCUT2D eigenvalue weighted by Crippen LogP contribution is 2.32. The molecular formula is C29H41N3O4. The molecule has 1 aliphatic carbocycles. The van der Waals surface area contributed by atoms with Crippen molar-refractivity contribution < 1.29 is 19.2 Å². The summed E-state index contributed by atoms with van der Waals surface area (Å²) in [5.74, 6) is -0.877. The fraction of sp³-hybridized carbons (Fsp3) is 0.655. The number of hydrogen-bond acceptors (Lipinski definition) is 5. The Morgan fingerprint density at radius 3 is 2.22 bits per heavy atom.